The molecule has 2 heterocycles. The molecule has 1 aliphatic carbocycles. The number of carbonyl (C=O) groups excluding carboxylic acids is 1. The van der Waals surface area contributed by atoms with Gasteiger partial charge in [0, 0.05) is 13.0 Å². The predicted molar refractivity (Wildman–Crippen MR) is 123 cm³/mol. The maximum Gasteiger partial charge on any atom is 0.258 e. The number of carbonyl (C=O) groups is 1. The van der Waals surface area contributed by atoms with Gasteiger partial charge in [-0.3, -0.25) is 9.59 Å². The average molecular weight is 431 g/mol. The monoisotopic (exact) mass is 430 g/mol. The van der Waals surface area contributed by atoms with Crippen LogP contribution in [0.2, 0.25) is 0 Å². The molecule has 0 fully saturated rings. The topological polar surface area (TPSA) is 79.0 Å². The minimum Gasteiger partial charge on any atom is -0.338 e. The maximum absolute atomic E-state index is 13.4. The predicted octanol–water partition coefficient (Wildman–Crippen LogP) is 4.24. The zero-order valence-electron chi connectivity index (χ0n) is 17.1. The first kappa shape index (κ1) is 19.6. The highest BCUT2D eigenvalue weighted by Crippen LogP contribution is 2.39. The number of hydrogen-bond donors (Lipinski definition) is 1. The molecule has 1 N–H and O–H groups in total. The van der Waals surface area contributed by atoms with Crippen LogP contribution in [0.4, 0.5) is 0 Å². The molecule has 2 atom stereocenters. The van der Waals surface area contributed by atoms with Gasteiger partial charge in [-0.15, -0.1) is 11.3 Å². The molecule has 1 amide bonds. The third-order valence-corrected chi connectivity index (χ3v) is 6.97. The summed E-state index contributed by atoms with van der Waals surface area (Å²) >= 11 is 1.67. The summed E-state index contributed by atoms with van der Waals surface area (Å²) in [7, 11) is 1.77. The zero-order chi connectivity index (χ0) is 21.4. The van der Waals surface area contributed by atoms with E-state index < -0.39 is 0 Å². The molecule has 0 unspecified atom stereocenters. The van der Waals surface area contributed by atoms with Crippen LogP contribution in [0.5, 0.6) is 0 Å². The molecule has 6 nitrogen and oxygen atoms in total. The largest absolute Gasteiger partial charge is 0.338 e. The molecule has 7 heteroatoms. The Kier molecular flexibility index (Phi) is 5.11. The van der Waals surface area contributed by atoms with Gasteiger partial charge in [0.05, 0.1) is 38.6 Å². The fourth-order valence-electron chi connectivity index (χ4n) is 4.20. The van der Waals surface area contributed by atoms with Crippen LogP contribution >= 0.6 is 11.3 Å². The number of hydrogen-bond acceptors (Lipinski definition) is 5. The van der Waals surface area contributed by atoms with Gasteiger partial charge >= 0.3 is 0 Å². The van der Waals surface area contributed by atoms with Crippen molar-refractivity contribution in [3.05, 3.63) is 81.9 Å². The molecule has 4 aromatic rings. The second-order valence-corrected chi connectivity index (χ2v) is 8.96. The van der Waals surface area contributed by atoms with Crippen molar-refractivity contribution in [3.63, 3.8) is 0 Å². The molecule has 1 aliphatic rings. The Balaban J connectivity index is 1.40. The Morgan fingerprint density at radius 3 is 2.65 bits per heavy atom. The molecule has 31 heavy (non-hydrogen) atoms. The van der Waals surface area contributed by atoms with Gasteiger partial charge in [-0.1, -0.05) is 36.4 Å². The molecule has 0 bridgehead atoms. The molecular weight excluding hydrogens is 408 g/mol. The molecule has 0 saturated carbocycles. The lowest BCUT2D eigenvalue weighted by atomic mass is 9.82. The third-order valence-electron chi connectivity index (χ3n) is 5.80. The highest BCUT2D eigenvalue weighted by Gasteiger charge is 2.34. The maximum atomic E-state index is 13.4. The molecule has 0 spiro atoms. The van der Waals surface area contributed by atoms with E-state index >= 15 is 0 Å². The van der Waals surface area contributed by atoms with Crippen LogP contribution in [0, 0.1) is 5.92 Å². The highest BCUT2D eigenvalue weighted by molar-refractivity contribution is 7.18. The lowest BCUT2D eigenvalue weighted by Gasteiger charge is -2.29. The summed E-state index contributed by atoms with van der Waals surface area (Å²) in [5, 5.41) is 1.56. The number of fused-ring (bicyclic) bond motifs is 2. The number of allylic oxidation sites excluding steroid dienone is 2. The fraction of sp³-hybridized carbons (Fsp3) is 0.250. The van der Waals surface area contributed by atoms with E-state index in [0.29, 0.717) is 23.1 Å². The quantitative estimate of drug-likeness (QED) is 0.491. The average Bonchev–Trinajstić information content (AvgIpc) is 3.23. The van der Waals surface area contributed by atoms with Crippen LogP contribution in [0.1, 0.15) is 29.6 Å². The summed E-state index contributed by atoms with van der Waals surface area (Å²) in [6.07, 6.45) is 5.71. The van der Waals surface area contributed by atoms with Crippen molar-refractivity contribution >= 4 is 38.4 Å². The minimum atomic E-state index is -0.186. The van der Waals surface area contributed by atoms with Crippen LogP contribution in [0.3, 0.4) is 0 Å². The Bertz CT molecular complexity index is 1320. The molecule has 0 radical (unpaired) electrons. The number of aromatic amines is 1. The van der Waals surface area contributed by atoms with Gasteiger partial charge in [-0.25, -0.2) is 9.97 Å². The first-order chi connectivity index (χ1) is 15.1. The zero-order valence-corrected chi connectivity index (χ0v) is 17.9. The van der Waals surface area contributed by atoms with Gasteiger partial charge in [0.15, 0.2) is 0 Å². The third kappa shape index (κ3) is 3.77. The summed E-state index contributed by atoms with van der Waals surface area (Å²) in [6, 6.07) is 15.3. The number of nitrogens with one attached hydrogen (secondary N) is 1. The van der Waals surface area contributed by atoms with Crippen LogP contribution in [0.15, 0.2) is 65.5 Å². The number of H-pyrrole nitrogens is 1. The van der Waals surface area contributed by atoms with E-state index in [4.69, 9.17) is 4.98 Å². The van der Waals surface area contributed by atoms with Crippen molar-refractivity contribution in [3.8, 4) is 0 Å². The van der Waals surface area contributed by atoms with Gasteiger partial charge in [-0.05, 0) is 37.1 Å². The fourth-order valence-corrected chi connectivity index (χ4v) is 5.35. The van der Waals surface area contributed by atoms with Gasteiger partial charge in [0.25, 0.3) is 5.56 Å². The molecule has 156 valence electrons. The van der Waals surface area contributed by atoms with Gasteiger partial charge < -0.3 is 9.88 Å². The molecule has 2 aromatic carbocycles. The van der Waals surface area contributed by atoms with Gasteiger partial charge in [-0.2, -0.15) is 0 Å². The van der Waals surface area contributed by atoms with Crippen LogP contribution in [0.25, 0.3) is 21.1 Å². The minimum absolute atomic E-state index is 0.0458. The van der Waals surface area contributed by atoms with Crippen molar-refractivity contribution in [1.29, 1.82) is 0 Å². The highest BCUT2D eigenvalue weighted by atomic mass is 32.1. The van der Waals surface area contributed by atoms with E-state index in [2.05, 4.69) is 28.2 Å². The molecule has 0 saturated heterocycles. The van der Waals surface area contributed by atoms with E-state index in [1.807, 2.05) is 36.4 Å². The SMILES string of the molecule is CN(Cc1nc2ccccc2c(=O)[nH]1)C(=O)[C@@H]1CC=CC[C@H]1c1nc2ccccc2s1. The van der Waals surface area contributed by atoms with E-state index in [1.165, 1.54) is 0 Å². The van der Waals surface area contributed by atoms with Gasteiger partial charge in [0.1, 0.15) is 5.82 Å². The second-order valence-electron chi connectivity index (χ2n) is 7.90. The Labute approximate surface area is 183 Å². The summed E-state index contributed by atoms with van der Waals surface area (Å²) in [5.74, 6) is 0.413. The Morgan fingerprint density at radius 2 is 1.81 bits per heavy atom. The smallest absolute Gasteiger partial charge is 0.258 e. The summed E-state index contributed by atoms with van der Waals surface area (Å²) in [4.78, 5) is 39.6. The van der Waals surface area contributed by atoms with Crippen LogP contribution in [-0.4, -0.2) is 32.8 Å². The molecule has 2 aromatic heterocycles. The van der Waals surface area contributed by atoms with Crippen molar-refractivity contribution < 1.29 is 4.79 Å². The first-order valence-electron chi connectivity index (χ1n) is 10.3. The van der Waals surface area contributed by atoms with Gasteiger partial charge in [0.2, 0.25) is 5.91 Å². The lowest BCUT2D eigenvalue weighted by molar-refractivity contribution is -0.135. The number of rotatable bonds is 4. The van der Waals surface area contributed by atoms with Crippen LogP contribution < -0.4 is 5.56 Å². The van der Waals surface area contributed by atoms with E-state index in [9.17, 15) is 9.59 Å². The van der Waals surface area contributed by atoms with E-state index in [1.54, 1.807) is 29.4 Å². The Morgan fingerprint density at radius 1 is 1.06 bits per heavy atom. The summed E-state index contributed by atoms with van der Waals surface area (Å²) < 4.78 is 1.14. The Hall–Kier alpha value is -3.32. The van der Waals surface area contributed by atoms with Crippen molar-refractivity contribution in [2.24, 2.45) is 5.92 Å². The van der Waals surface area contributed by atoms with E-state index in [-0.39, 0.29) is 29.8 Å². The number of nitrogens with zero attached hydrogens (tertiary/aromatic N) is 3. The molecule has 5 rings (SSSR count). The number of thiazole rings is 1. The number of amides is 1. The van der Waals surface area contributed by atoms with Crippen molar-refractivity contribution in [1.82, 2.24) is 19.9 Å². The van der Waals surface area contributed by atoms with Crippen molar-refractivity contribution in [2.75, 3.05) is 7.05 Å². The normalized spacial score (nSPS) is 18.5. The second kappa shape index (κ2) is 8.07. The van der Waals surface area contributed by atoms with E-state index in [0.717, 1.165) is 21.6 Å². The summed E-state index contributed by atoms with van der Waals surface area (Å²) in [5.41, 5.74) is 1.43. The number of aromatic nitrogens is 3. The number of para-hydroxylation sites is 2. The molecular formula is C24H22N4O2S. The standard InChI is InChI=1S/C24H22N4O2S/c1-28(14-21-25-18-11-5-4-10-17(18)22(29)27-21)24(30)16-9-3-2-8-15(16)23-26-19-12-6-7-13-20(19)31-23/h2-7,10-13,15-16H,8-9,14H2,1H3,(H,25,27,29)/t15-,16-/m1/s1. The first-order valence-corrected chi connectivity index (χ1v) is 11.1. The summed E-state index contributed by atoms with van der Waals surface area (Å²) in [6.45, 7) is 0.256. The molecule has 0 aliphatic heterocycles. The number of benzene rings is 2. The van der Waals surface area contributed by atoms with Crippen LogP contribution in [-0.2, 0) is 11.3 Å². The lowest BCUT2D eigenvalue weighted by Crippen LogP contribution is -2.37. The van der Waals surface area contributed by atoms with Crippen molar-refractivity contribution in [2.45, 2.75) is 25.3 Å².